The maximum atomic E-state index is 5.74. The zero-order valence-corrected chi connectivity index (χ0v) is 15.3. The molecule has 0 heterocycles. The monoisotopic (exact) mass is 412 g/mol. The SMILES string of the molecule is CCOc1ccccc1C(Br)c1cc(Br)ccc1OCC. The average molecular weight is 414 g/mol. The summed E-state index contributed by atoms with van der Waals surface area (Å²) in [7, 11) is 0. The van der Waals surface area contributed by atoms with Crippen molar-refractivity contribution in [2.24, 2.45) is 0 Å². The van der Waals surface area contributed by atoms with Crippen molar-refractivity contribution in [3.63, 3.8) is 0 Å². The Morgan fingerprint density at radius 1 is 0.905 bits per heavy atom. The van der Waals surface area contributed by atoms with Crippen LogP contribution in [0.2, 0.25) is 0 Å². The van der Waals surface area contributed by atoms with Crippen molar-refractivity contribution in [3.8, 4) is 11.5 Å². The number of hydrogen-bond donors (Lipinski definition) is 0. The Labute approximate surface area is 142 Å². The minimum atomic E-state index is 0.0132. The van der Waals surface area contributed by atoms with Crippen molar-refractivity contribution >= 4 is 31.9 Å². The molecule has 1 unspecified atom stereocenters. The molecule has 0 saturated heterocycles. The summed E-state index contributed by atoms with van der Waals surface area (Å²) < 4.78 is 12.5. The fraction of sp³-hybridized carbons (Fsp3) is 0.294. The van der Waals surface area contributed by atoms with E-state index in [9.17, 15) is 0 Å². The third-order valence-electron chi connectivity index (χ3n) is 3.04. The van der Waals surface area contributed by atoms with E-state index in [0.717, 1.165) is 27.1 Å². The third-order valence-corrected chi connectivity index (χ3v) is 4.52. The van der Waals surface area contributed by atoms with Crippen LogP contribution in [-0.2, 0) is 0 Å². The number of benzene rings is 2. The first kappa shape index (κ1) is 16.4. The molecule has 2 aromatic carbocycles. The third kappa shape index (κ3) is 4.01. The molecule has 21 heavy (non-hydrogen) atoms. The van der Waals surface area contributed by atoms with Crippen LogP contribution in [-0.4, -0.2) is 13.2 Å². The lowest BCUT2D eigenvalue weighted by molar-refractivity contribution is 0.333. The topological polar surface area (TPSA) is 18.5 Å². The van der Waals surface area contributed by atoms with Gasteiger partial charge in [0.25, 0.3) is 0 Å². The first-order valence-electron chi connectivity index (χ1n) is 6.95. The van der Waals surface area contributed by atoms with Crippen LogP contribution in [0.1, 0.15) is 29.8 Å². The lowest BCUT2D eigenvalue weighted by atomic mass is 10.0. The fourth-order valence-electron chi connectivity index (χ4n) is 2.15. The van der Waals surface area contributed by atoms with Crippen LogP contribution in [0.3, 0.4) is 0 Å². The van der Waals surface area contributed by atoms with Gasteiger partial charge in [0.2, 0.25) is 0 Å². The Balaban J connectivity index is 2.44. The fourth-order valence-corrected chi connectivity index (χ4v) is 3.26. The van der Waals surface area contributed by atoms with E-state index >= 15 is 0 Å². The molecule has 1 atom stereocenters. The maximum Gasteiger partial charge on any atom is 0.124 e. The van der Waals surface area contributed by atoms with Crippen LogP contribution in [0.25, 0.3) is 0 Å². The van der Waals surface area contributed by atoms with Crippen LogP contribution in [0.5, 0.6) is 11.5 Å². The normalized spacial score (nSPS) is 12.0. The van der Waals surface area contributed by atoms with Crippen molar-refractivity contribution < 1.29 is 9.47 Å². The molecule has 112 valence electrons. The van der Waals surface area contributed by atoms with Crippen LogP contribution < -0.4 is 9.47 Å². The van der Waals surface area contributed by atoms with E-state index < -0.39 is 0 Å². The predicted octanol–water partition coefficient (Wildman–Crippen LogP) is 5.73. The van der Waals surface area contributed by atoms with Gasteiger partial charge in [-0.15, -0.1) is 0 Å². The van der Waals surface area contributed by atoms with Gasteiger partial charge in [-0.05, 0) is 38.1 Å². The van der Waals surface area contributed by atoms with Gasteiger partial charge in [-0.3, -0.25) is 0 Å². The first-order valence-corrected chi connectivity index (χ1v) is 8.66. The molecule has 0 N–H and O–H groups in total. The van der Waals surface area contributed by atoms with Gasteiger partial charge in [0.15, 0.2) is 0 Å². The molecule has 0 fully saturated rings. The largest absolute Gasteiger partial charge is 0.494 e. The summed E-state index contributed by atoms with van der Waals surface area (Å²) in [6.45, 7) is 5.27. The van der Waals surface area contributed by atoms with Crippen molar-refractivity contribution in [3.05, 3.63) is 58.1 Å². The molecule has 2 aromatic rings. The lowest BCUT2D eigenvalue weighted by Crippen LogP contribution is -2.03. The molecular formula is C17H18Br2O2. The van der Waals surface area contributed by atoms with Crippen LogP contribution in [0.15, 0.2) is 46.9 Å². The average Bonchev–Trinajstić information content (AvgIpc) is 2.49. The van der Waals surface area contributed by atoms with Crippen molar-refractivity contribution in [1.29, 1.82) is 0 Å². The van der Waals surface area contributed by atoms with Gasteiger partial charge in [-0.25, -0.2) is 0 Å². The second kappa shape index (κ2) is 7.85. The van der Waals surface area contributed by atoms with Gasteiger partial charge in [0.05, 0.1) is 18.0 Å². The van der Waals surface area contributed by atoms with Crippen molar-refractivity contribution in [2.45, 2.75) is 18.7 Å². The molecule has 0 bridgehead atoms. The van der Waals surface area contributed by atoms with E-state index in [-0.39, 0.29) is 4.83 Å². The second-order valence-corrected chi connectivity index (χ2v) is 6.28. The maximum absolute atomic E-state index is 5.74. The number of alkyl halides is 1. The van der Waals surface area contributed by atoms with Gasteiger partial charge >= 0.3 is 0 Å². The van der Waals surface area contributed by atoms with E-state index in [0.29, 0.717) is 13.2 Å². The lowest BCUT2D eigenvalue weighted by Gasteiger charge is -2.18. The van der Waals surface area contributed by atoms with E-state index in [1.165, 1.54) is 0 Å². The summed E-state index contributed by atoms with van der Waals surface area (Å²) in [4.78, 5) is 0.0132. The molecule has 2 rings (SSSR count). The zero-order chi connectivity index (χ0) is 15.2. The van der Waals surface area contributed by atoms with Gasteiger partial charge in [-0.1, -0.05) is 50.1 Å². The van der Waals surface area contributed by atoms with Crippen molar-refractivity contribution in [2.75, 3.05) is 13.2 Å². The van der Waals surface area contributed by atoms with Gasteiger partial charge < -0.3 is 9.47 Å². The summed E-state index contributed by atoms with van der Waals surface area (Å²) in [5.74, 6) is 1.78. The number of hydrogen-bond acceptors (Lipinski definition) is 2. The molecule has 0 spiro atoms. The summed E-state index contributed by atoms with van der Waals surface area (Å²) in [6.07, 6.45) is 0. The van der Waals surface area contributed by atoms with Crippen molar-refractivity contribution in [1.82, 2.24) is 0 Å². The Hall–Kier alpha value is -1.00. The molecule has 0 aromatic heterocycles. The number of halogens is 2. The standard InChI is InChI=1S/C17H18Br2O2/c1-3-20-15-8-6-5-7-13(15)17(19)14-11-12(18)9-10-16(14)21-4-2/h5-11,17H,3-4H2,1-2H3. The zero-order valence-electron chi connectivity index (χ0n) is 12.1. The van der Waals surface area contributed by atoms with Crippen LogP contribution >= 0.6 is 31.9 Å². The van der Waals surface area contributed by atoms with Gasteiger partial charge in [0, 0.05) is 15.6 Å². The Bertz CT molecular complexity index is 599. The van der Waals surface area contributed by atoms with Crippen LogP contribution in [0.4, 0.5) is 0 Å². The Kier molecular flexibility index (Phi) is 6.12. The smallest absolute Gasteiger partial charge is 0.124 e. The summed E-state index contributed by atoms with van der Waals surface area (Å²) in [5.41, 5.74) is 2.18. The molecule has 0 saturated carbocycles. The quantitative estimate of drug-likeness (QED) is 0.563. The minimum Gasteiger partial charge on any atom is -0.494 e. The molecule has 0 aliphatic heterocycles. The van der Waals surface area contributed by atoms with E-state index in [1.807, 2.05) is 44.2 Å². The first-order chi connectivity index (χ1) is 10.2. The summed E-state index contributed by atoms with van der Waals surface area (Å²) in [6, 6.07) is 14.1. The molecule has 0 aliphatic carbocycles. The number of rotatable bonds is 6. The van der Waals surface area contributed by atoms with Crippen LogP contribution in [0, 0.1) is 0 Å². The van der Waals surface area contributed by atoms with Gasteiger partial charge in [-0.2, -0.15) is 0 Å². The molecule has 0 aliphatic rings. The number of para-hydroxylation sites is 1. The second-order valence-electron chi connectivity index (χ2n) is 4.45. The molecule has 0 amide bonds. The van der Waals surface area contributed by atoms with E-state index in [4.69, 9.17) is 9.47 Å². The highest BCUT2D eigenvalue weighted by Gasteiger charge is 2.19. The molecule has 4 heteroatoms. The summed E-state index contributed by atoms with van der Waals surface area (Å²) in [5, 5.41) is 0. The van der Waals surface area contributed by atoms with E-state index in [1.54, 1.807) is 0 Å². The predicted molar refractivity (Wildman–Crippen MR) is 93.7 cm³/mol. The highest BCUT2D eigenvalue weighted by atomic mass is 79.9. The minimum absolute atomic E-state index is 0.0132. The Morgan fingerprint density at radius 3 is 2.19 bits per heavy atom. The molecule has 0 radical (unpaired) electrons. The highest BCUT2D eigenvalue weighted by molar-refractivity contribution is 9.10. The number of ether oxygens (including phenoxy) is 2. The summed E-state index contributed by atoms with van der Waals surface area (Å²) >= 11 is 7.32. The molecule has 2 nitrogen and oxygen atoms in total. The molecular weight excluding hydrogens is 396 g/mol. The van der Waals surface area contributed by atoms with Gasteiger partial charge in [0.1, 0.15) is 11.5 Å². The highest BCUT2D eigenvalue weighted by Crippen LogP contribution is 2.41. The van der Waals surface area contributed by atoms with E-state index in [2.05, 4.69) is 44.0 Å². The Morgan fingerprint density at radius 2 is 1.52 bits per heavy atom.